The first-order chi connectivity index (χ1) is 9.04. The average molecular weight is 270 g/mol. The van der Waals surface area contributed by atoms with E-state index < -0.39 is 6.10 Å². The number of rotatable bonds is 7. The Hall–Kier alpha value is -1.53. The molecule has 108 valence electrons. The van der Waals surface area contributed by atoms with Crippen LogP contribution in [-0.4, -0.2) is 37.9 Å². The van der Waals surface area contributed by atoms with Crippen molar-refractivity contribution in [3.8, 4) is 0 Å². The predicted molar refractivity (Wildman–Crippen MR) is 71.0 cm³/mol. The first-order valence-corrected chi connectivity index (χ1v) is 6.30. The zero-order chi connectivity index (χ0) is 14.3. The second-order valence-electron chi connectivity index (χ2n) is 4.35. The van der Waals surface area contributed by atoms with Crippen molar-refractivity contribution in [2.75, 3.05) is 26.8 Å². The summed E-state index contributed by atoms with van der Waals surface area (Å²) in [5, 5.41) is 15.3. The van der Waals surface area contributed by atoms with Crippen LogP contribution in [0.15, 0.2) is 10.5 Å². The van der Waals surface area contributed by atoms with E-state index >= 15 is 0 Å². The number of carbonyl (C=O) groups is 1. The van der Waals surface area contributed by atoms with Crippen molar-refractivity contribution in [3.05, 3.63) is 23.2 Å². The molecule has 0 aliphatic heterocycles. The summed E-state index contributed by atoms with van der Waals surface area (Å²) in [6.45, 7) is 4.99. The molecule has 1 heterocycles. The van der Waals surface area contributed by atoms with E-state index in [2.05, 4.69) is 10.6 Å². The van der Waals surface area contributed by atoms with Gasteiger partial charge in [0.05, 0.1) is 12.7 Å². The molecule has 0 aliphatic rings. The summed E-state index contributed by atoms with van der Waals surface area (Å²) in [7, 11) is 1.57. The van der Waals surface area contributed by atoms with Crippen LogP contribution in [-0.2, 0) is 4.74 Å². The minimum atomic E-state index is -0.628. The molecule has 0 aliphatic carbocycles. The van der Waals surface area contributed by atoms with E-state index in [0.29, 0.717) is 26.1 Å². The molecule has 3 N–H and O–H groups in total. The summed E-state index contributed by atoms with van der Waals surface area (Å²) in [6, 6.07) is 1.56. The van der Waals surface area contributed by atoms with E-state index in [1.807, 2.05) is 19.9 Å². The molecule has 1 aromatic rings. The SMILES string of the molecule is COCCNC(=O)NCCC(O)c1cc(C)oc1C. The maximum absolute atomic E-state index is 11.3. The minimum absolute atomic E-state index is 0.260. The quantitative estimate of drug-likeness (QED) is 0.651. The van der Waals surface area contributed by atoms with Crippen molar-refractivity contribution >= 4 is 6.03 Å². The van der Waals surface area contributed by atoms with E-state index in [-0.39, 0.29) is 6.03 Å². The molecule has 0 aromatic carbocycles. The Morgan fingerprint density at radius 1 is 1.42 bits per heavy atom. The summed E-state index contributed by atoms with van der Waals surface area (Å²) in [5.74, 6) is 1.49. The maximum atomic E-state index is 11.3. The van der Waals surface area contributed by atoms with Crippen molar-refractivity contribution in [2.24, 2.45) is 0 Å². The largest absolute Gasteiger partial charge is 0.466 e. The van der Waals surface area contributed by atoms with Crippen molar-refractivity contribution in [1.29, 1.82) is 0 Å². The zero-order valence-corrected chi connectivity index (χ0v) is 11.7. The molecule has 0 bridgehead atoms. The van der Waals surface area contributed by atoms with E-state index in [1.54, 1.807) is 7.11 Å². The lowest BCUT2D eigenvalue weighted by molar-refractivity contribution is 0.164. The number of urea groups is 1. The first-order valence-electron chi connectivity index (χ1n) is 6.30. The average Bonchev–Trinajstić information content (AvgIpc) is 2.69. The number of aliphatic hydroxyl groups excluding tert-OH is 1. The van der Waals surface area contributed by atoms with Gasteiger partial charge in [0.25, 0.3) is 0 Å². The highest BCUT2D eigenvalue weighted by atomic mass is 16.5. The molecule has 0 radical (unpaired) electrons. The van der Waals surface area contributed by atoms with Crippen LogP contribution in [0, 0.1) is 13.8 Å². The van der Waals surface area contributed by atoms with Gasteiger partial charge in [0, 0.05) is 25.8 Å². The van der Waals surface area contributed by atoms with Gasteiger partial charge in [0.2, 0.25) is 0 Å². The van der Waals surface area contributed by atoms with Crippen molar-refractivity contribution in [2.45, 2.75) is 26.4 Å². The number of hydrogen-bond acceptors (Lipinski definition) is 4. The molecule has 1 rings (SSSR count). The van der Waals surface area contributed by atoms with E-state index in [1.165, 1.54) is 0 Å². The van der Waals surface area contributed by atoms with Crippen LogP contribution in [0.5, 0.6) is 0 Å². The molecular weight excluding hydrogens is 248 g/mol. The summed E-state index contributed by atoms with van der Waals surface area (Å²) >= 11 is 0. The summed E-state index contributed by atoms with van der Waals surface area (Å²) in [4.78, 5) is 11.3. The molecule has 0 spiro atoms. The second-order valence-corrected chi connectivity index (χ2v) is 4.35. The number of furan rings is 1. The summed E-state index contributed by atoms with van der Waals surface area (Å²) < 4.78 is 10.2. The Morgan fingerprint density at radius 3 is 2.68 bits per heavy atom. The summed E-state index contributed by atoms with van der Waals surface area (Å²) in [6.07, 6.45) is -0.186. The van der Waals surface area contributed by atoms with E-state index in [0.717, 1.165) is 17.1 Å². The normalized spacial score (nSPS) is 12.2. The Balaban J connectivity index is 2.25. The molecular formula is C13H22N2O4. The molecule has 1 aromatic heterocycles. The van der Waals surface area contributed by atoms with Gasteiger partial charge < -0.3 is 24.9 Å². The molecule has 6 nitrogen and oxygen atoms in total. The number of nitrogens with one attached hydrogen (secondary N) is 2. The molecule has 1 unspecified atom stereocenters. The molecule has 0 saturated carbocycles. The zero-order valence-electron chi connectivity index (χ0n) is 11.7. The number of amides is 2. The highest BCUT2D eigenvalue weighted by Crippen LogP contribution is 2.23. The topological polar surface area (TPSA) is 83.7 Å². The Kier molecular flexibility index (Phi) is 6.38. The van der Waals surface area contributed by atoms with Crippen LogP contribution in [0.4, 0.5) is 4.79 Å². The van der Waals surface area contributed by atoms with Gasteiger partial charge in [-0.15, -0.1) is 0 Å². The van der Waals surface area contributed by atoms with Gasteiger partial charge in [-0.25, -0.2) is 4.79 Å². The van der Waals surface area contributed by atoms with Gasteiger partial charge in [0.1, 0.15) is 11.5 Å². The lowest BCUT2D eigenvalue weighted by atomic mass is 10.1. The lowest BCUT2D eigenvalue weighted by Gasteiger charge is -2.11. The van der Waals surface area contributed by atoms with Crippen molar-refractivity contribution in [3.63, 3.8) is 0 Å². The highest BCUT2D eigenvalue weighted by molar-refractivity contribution is 5.73. The van der Waals surface area contributed by atoms with Crippen LogP contribution in [0.1, 0.15) is 29.6 Å². The van der Waals surface area contributed by atoms with Crippen LogP contribution < -0.4 is 10.6 Å². The minimum Gasteiger partial charge on any atom is -0.466 e. The Morgan fingerprint density at radius 2 is 2.11 bits per heavy atom. The predicted octanol–water partition coefficient (Wildman–Crippen LogP) is 1.27. The van der Waals surface area contributed by atoms with Gasteiger partial charge in [-0.1, -0.05) is 0 Å². The fourth-order valence-electron chi connectivity index (χ4n) is 1.79. The molecule has 6 heteroatoms. The molecule has 2 amide bonds. The Labute approximate surface area is 113 Å². The van der Waals surface area contributed by atoms with Crippen LogP contribution >= 0.6 is 0 Å². The molecule has 1 atom stereocenters. The number of ether oxygens (including phenoxy) is 1. The number of aryl methyl sites for hydroxylation is 2. The van der Waals surface area contributed by atoms with Crippen molar-refractivity contribution in [1.82, 2.24) is 10.6 Å². The number of methoxy groups -OCH3 is 1. The van der Waals surface area contributed by atoms with Crippen molar-refractivity contribution < 1.29 is 19.1 Å². The van der Waals surface area contributed by atoms with Crippen LogP contribution in [0.2, 0.25) is 0 Å². The third-order valence-electron chi connectivity index (χ3n) is 2.73. The summed E-state index contributed by atoms with van der Waals surface area (Å²) in [5.41, 5.74) is 0.777. The fourth-order valence-corrected chi connectivity index (χ4v) is 1.79. The highest BCUT2D eigenvalue weighted by Gasteiger charge is 2.14. The molecule has 19 heavy (non-hydrogen) atoms. The van der Waals surface area contributed by atoms with Crippen LogP contribution in [0.25, 0.3) is 0 Å². The number of carbonyl (C=O) groups excluding carboxylic acids is 1. The lowest BCUT2D eigenvalue weighted by Crippen LogP contribution is -2.38. The maximum Gasteiger partial charge on any atom is 0.314 e. The fraction of sp³-hybridized carbons (Fsp3) is 0.615. The standard InChI is InChI=1S/C13H22N2O4/c1-9-8-11(10(2)19-9)12(16)4-5-14-13(17)15-6-7-18-3/h8,12,16H,4-7H2,1-3H3,(H2,14,15,17). The number of hydrogen-bond donors (Lipinski definition) is 3. The van der Waals surface area contributed by atoms with E-state index in [4.69, 9.17) is 9.15 Å². The first kappa shape index (κ1) is 15.5. The van der Waals surface area contributed by atoms with Gasteiger partial charge in [-0.3, -0.25) is 0 Å². The smallest absolute Gasteiger partial charge is 0.314 e. The van der Waals surface area contributed by atoms with Gasteiger partial charge in [-0.05, 0) is 26.3 Å². The molecule has 0 fully saturated rings. The third kappa shape index (κ3) is 5.32. The molecule has 0 saturated heterocycles. The third-order valence-corrected chi connectivity index (χ3v) is 2.73. The van der Waals surface area contributed by atoms with Gasteiger partial charge >= 0.3 is 6.03 Å². The van der Waals surface area contributed by atoms with E-state index in [9.17, 15) is 9.90 Å². The van der Waals surface area contributed by atoms with Gasteiger partial charge in [0.15, 0.2) is 0 Å². The van der Waals surface area contributed by atoms with Gasteiger partial charge in [-0.2, -0.15) is 0 Å². The Bertz CT molecular complexity index is 403. The number of aliphatic hydroxyl groups is 1. The second kappa shape index (κ2) is 7.81. The monoisotopic (exact) mass is 270 g/mol. The van der Waals surface area contributed by atoms with Crippen LogP contribution in [0.3, 0.4) is 0 Å².